The molecule has 0 bridgehead atoms. The molecule has 0 saturated carbocycles. The molecule has 0 aromatic carbocycles. The van der Waals surface area contributed by atoms with E-state index in [1.54, 1.807) is 0 Å². The third kappa shape index (κ3) is 71.0. The van der Waals surface area contributed by atoms with E-state index >= 15 is 0 Å². The van der Waals surface area contributed by atoms with Crippen molar-refractivity contribution < 1.29 is 24.5 Å². The molecule has 2 unspecified atom stereocenters. The highest BCUT2D eigenvalue weighted by Crippen LogP contribution is 2.19. The Morgan fingerprint density at radius 2 is 0.588 bits per heavy atom. The van der Waals surface area contributed by atoms with Crippen molar-refractivity contribution in [2.24, 2.45) is 0 Å². The number of rotatable bonds is 73. The Kier molecular flexibility index (Phi) is 72.9. The predicted molar refractivity (Wildman–Crippen MR) is 375 cm³/mol. The number of unbranched alkanes of at least 4 members (excludes halogenated alkanes) is 56. The third-order valence-corrected chi connectivity index (χ3v) is 18.2. The first-order chi connectivity index (χ1) is 42.0. The molecule has 0 fully saturated rings. The van der Waals surface area contributed by atoms with Gasteiger partial charge in [0.15, 0.2) is 0 Å². The SMILES string of the molecule is CCCCC/C=C\C/C=C\CCCCCCCCCCCC(=O)OCCCCCCCCCCCCCC/C=C\CCCCCCCCCCCCCC(=O)NC(CO)C(O)CCCCCCCCCCCCCCCCCCCCCCCC. The van der Waals surface area contributed by atoms with Crippen LogP contribution in [-0.2, 0) is 14.3 Å². The summed E-state index contributed by atoms with van der Waals surface area (Å²) >= 11 is 0. The third-order valence-electron chi connectivity index (χ3n) is 18.2. The molecule has 2 atom stereocenters. The van der Waals surface area contributed by atoms with Crippen LogP contribution in [0.2, 0.25) is 0 Å². The Morgan fingerprint density at radius 3 is 0.929 bits per heavy atom. The van der Waals surface area contributed by atoms with Gasteiger partial charge in [0.05, 0.1) is 25.4 Å². The maximum Gasteiger partial charge on any atom is 0.305 e. The van der Waals surface area contributed by atoms with Crippen molar-refractivity contribution in [3.63, 3.8) is 0 Å². The number of aliphatic hydroxyl groups is 2. The molecule has 0 aliphatic carbocycles. The van der Waals surface area contributed by atoms with Crippen LogP contribution < -0.4 is 5.32 Å². The first-order valence-corrected chi connectivity index (χ1v) is 38.7. The topological polar surface area (TPSA) is 95.9 Å². The average molecular weight is 1200 g/mol. The van der Waals surface area contributed by atoms with Gasteiger partial charge in [0.1, 0.15) is 0 Å². The molecule has 502 valence electrons. The molecule has 0 spiro atoms. The minimum Gasteiger partial charge on any atom is -0.466 e. The number of ether oxygens (including phenoxy) is 1. The summed E-state index contributed by atoms with van der Waals surface area (Å²) in [7, 11) is 0. The largest absolute Gasteiger partial charge is 0.466 e. The van der Waals surface area contributed by atoms with Crippen molar-refractivity contribution in [3.05, 3.63) is 36.5 Å². The molecule has 0 rings (SSSR count). The van der Waals surface area contributed by atoms with Gasteiger partial charge in [-0.05, 0) is 83.5 Å². The lowest BCUT2D eigenvalue weighted by atomic mass is 10.0. The maximum atomic E-state index is 12.6. The van der Waals surface area contributed by atoms with Crippen molar-refractivity contribution in [1.29, 1.82) is 0 Å². The standard InChI is InChI=1S/C79H151NO5/c1-3-5-7-9-11-13-15-17-19-21-23-24-32-36-39-43-47-51-55-59-63-67-71-77(82)76(75-81)80-78(83)72-68-64-60-56-52-48-44-40-37-33-30-28-26-25-27-29-31-34-38-42-46-50-54-58-62-66-70-74-85-79(84)73-69-65-61-57-53-49-45-41-35-22-20-18-16-14-12-10-8-6-4-2/h12,14,18,20,25-26,76-77,81-82H,3-11,13,15-17,19,21-24,27-75H2,1-2H3,(H,80,83)/b14-12-,20-18-,26-25-. The van der Waals surface area contributed by atoms with Crippen LogP contribution in [0.5, 0.6) is 0 Å². The molecule has 0 aromatic heterocycles. The second kappa shape index (κ2) is 74.5. The van der Waals surface area contributed by atoms with Crippen LogP contribution in [0.1, 0.15) is 431 Å². The Morgan fingerprint density at radius 1 is 0.329 bits per heavy atom. The van der Waals surface area contributed by atoms with Crippen molar-refractivity contribution in [2.75, 3.05) is 13.2 Å². The number of carbonyl (C=O) groups is 2. The lowest BCUT2D eigenvalue weighted by Crippen LogP contribution is -2.45. The van der Waals surface area contributed by atoms with Gasteiger partial charge in [-0.2, -0.15) is 0 Å². The molecular weight excluding hydrogens is 1040 g/mol. The summed E-state index contributed by atoms with van der Waals surface area (Å²) in [6.45, 7) is 4.97. The van der Waals surface area contributed by atoms with E-state index in [2.05, 4.69) is 55.6 Å². The van der Waals surface area contributed by atoms with Crippen LogP contribution in [0.3, 0.4) is 0 Å². The van der Waals surface area contributed by atoms with Gasteiger partial charge in [-0.1, -0.05) is 371 Å². The van der Waals surface area contributed by atoms with Gasteiger partial charge in [0.2, 0.25) is 5.91 Å². The van der Waals surface area contributed by atoms with E-state index < -0.39 is 12.1 Å². The molecule has 0 heterocycles. The Labute approximate surface area is 532 Å². The van der Waals surface area contributed by atoms with Crippen molar-refractivity contribution in [1.82, 2.24) is 5.32 Å². The van der Waals surface area contributed by atoms with E-state index in [4.69, 9.17) is 4.74 Å². The fraction of sp³-hybridized carbons (Fsp3) is 0.899. The van der Waals surface area contributed by atoms with E-state index in [-0.39, 0.29) is 18.5 Å². The highest BCUT2D eigenvalue weighted by Gasteiger charge is 2.20. The zero-order valence-electron chi connectivity index (χ0n) is 57.6. The number of allylic oxidation sites excluding steroid dienone is 6. The first-order valence-electron chi connectivity index (χ1n) is 38.7. The second-order valence-electron chi connectivity index (χ2n) is 26.7. The Bertz CT molecular complexity index is 1380. The molecule has 0 saturated heterocycles. The fourth-order valence-corrected chi connectivity index (χ4v) is 12.3. The summed E-state index contributed by atoms with van der Waals surface area (Å²) in [6.07, 6.45) is 96.4. The van der Waals surface area contributed by atoms with Crippen molar-refractivity contribution in [3.8, 4) is 0 Å². The molecule has 6 nitrogen and oxygen atoms in total. The molecule has 3 N–H and O–H groups in total. The maximum absolute atomic E-state index is 12.6. The summed E-state index contributed by atoms with van der Waals surface area (Å²) in [5.41, 5.74) is 0. The minimum atomic E-state index is -0.667. The smallest absolute Gasteiger partial charge is 0.305 e. The number of hydrogen-bond acceptors (Lipinski definition) is 5. The van der Waals surface area contributed by atoms with Gasteiger partial charge in [-0.25, -0.2) is 0 Å². The number of nitrogens with one attached hydrogen (secondary N) is 1. The van der Waals surface area contributed by atoms with Gasteiger partial charge in [0.25, 0.3) is 0 Å². The van der Waals surface area contributed by atoms with Gasteiger partial charge in [0, 0.05) is 12.8 Å². The van der Waals surface area contributed by atoms with E-state index in [0.29, 0.717) is 25.9 Å². The first kappa shape index (κ1) is 83.1. The lowest BCUT2D eigenvalue weighted by Gasteiger charge is -2.22. The van der Waals surface area contributed by atoms with Crippen LogP contribution >= 0.6 is 0 Å². The van der Waals surface area contributed by atoms with Crippen LogP contribution in [-0.4, -0.2) is 47.4 Å². The van der Waals surface area contributed by atoms with E-state index in [1.807, 2.05) is 0 Å². The molecule has 0 radical (unpaired) electrons. The average Bonchev–Trinajstić information content (AvgIpc) is 3.51. The van der Waals surface area contributed by atoms with Gasteiger partial charge < -0.3 is 20.3 Å². The van der Waals surface area contributed by atoms with E-state index in [0.717, 1.165) is 51.4 Å². The highest BCUT2D eigenvalue weighted by molar-refractivity contribution is 5.76. The molecule has 1 amide bonds. The predicted octanol–water partition coefficient (Wildman–Crippen LogP) is 25.4. The van der Waals surface area contributed by atoms with Gasteiger partial charge >= 0.3 is 5.97 Å². The number of carbonyl (C=O) groups excluding carboxylic acids is 2. The van der Waals surface area contributed by atoms with Crippen molar-refractivity contribution in [2.45, 2.75) is 443 Å². The summed E-state index contributed by atoms with van der Waals surface area (Å²) in [5.74, 6) is -0.0188. The van der Waals surface area contributed by atoms with Crippen LogP contribution in [0.15, 0.2) is 36.5 Å². The summed E-state index contributed by atoms with van der Waals surface area (Å²) in [6, 6.07) is -0.544. The Hall–Kier alpha value is -1.92. The number of hydrogen-bond donors (Lipinski definition) is 3. The second-order valence-corrected chi connectivity index (χ2v) is 26.7. The van der Waals surface area contributed by atoms with Crippen LogP contribution in [0, 0.1) is 0 Å². The molecule has 85 heavy (non-hydrogen) atoms. The number of aliphatic hydroxyl groups excluding tert-OH is 2. The summed E-state index contributed by atoms with van der Waals surface area (Å²) in [5, 5.41) is 23.5. The zero-order valence-corrected chi connectivity index (χ0v) is 57.6. The lowest BCUT2D eigenvalue weighted by molar-refractivity contribution is -0.143. The van der Waals surface area contributed by atoms with E-state index in [1.165, 1.54) is 347 Å². The quantitative estimate of drug-likeness (QED) is 0.0320. The number of esters is 1. The number of amides is 1. The summed E-state index contributed by atoms with van der Waals surface area (Å²) < 4.78 is 5.51. The van der Waals surface area contributed by atoms with Crippen molar-refractivity contribution >= 4 is 11.9 Å². The Balaban J connectivity index is 3.38. The molecule has 0 aromatic rings. The molecule has 6 heteroatoms. The minimum absolute atomic E-state index is 0.0122. The fourth-order valence-electron chi connectivity index (χ4n) is 12.3. The normalized spacial score (nSPS) is 12.7. The molecule has 0 aliphatic heterocycles. The summed E-state index contributed by atoms with van der Waals surface area (Å²) in [4.78, 5) is 24.7. The zero-order chi connectivity index (χ0) is 61.3. The monoisotopic (exact) mass is 1190 g/mol. The van der Waals surface area contributed by atoms with E-state index in [9.17, 15) is 19.8 Å². The molecular formula is C79H151NO5. The van der Waals surface area contributed by atoms with Crippen LogP contribution in [0.25, 0.3) is 0 Å². The molecule has 0 aliphatic rings. The highest BCUT2D eigenvalue weighted by atomic mass is 16.5. The van der Waals surface area contributed by atoms with Gasteiger partial charge in [-0.15, -0.1) is 0 Å². The van der Waals surface area contributed by atoms with Gasteiger partial charge in [-0.3, -0.25) is 9.59 Å². The van der Waals surface area contributed by atoms with Crippen LogP contribution in [0.4, 0.5) is 0 Å².